The van der Waals surface area contributed by atoms with Crippen LogP contribution >= 0.6 is 0 Å². The van der Waals surface area contributed by atoms with Crippen molar-refractivity contribution in [2.24, 2.45) is 5.73 Å². The number of rotatable bonds is 6. The Kier molecular flexibility index (Phi) is 8.03. The van der Waals surface area contributed by atoms with Gasteiger partial charge in [-0.05, 0) is 31.2 Å². The number of ether oxygens (including phenoxy) is 1. The van der Waals surface area contributed by atoms with Crippen LogP contribution in [0.25, 0.3) is 10.9 Å². The van der Waals surface area contributed by atoms with Gasteiger partial charge in [-0.15, -0.1) is 0 Å². The lowest BCUT2D eigenvalue weighted by atomic mass is 10.1. The molecule has 0 radical (unpaired) electrons. The first kappa shape index (κ1) is 22.2. The zero-order chi connectivity index (χ0) is 21.4. The molecule has 0 saturated heterocycles. The van der Waals surface area contributed by atoms with Gasteiger partial charge in [-0.1, -0.05) is 32.0 Å². The van der Waals surface area contributed by atoms with Crippen molar-refractivity contribution < 1.29 is 18.3 Å². The first-order valence-electron chi connectivity index (χ1n) is 9.44. The SMILES string of the molecule is CC.CC(N)CNC(=O)c1ccnc2c(OCc3c(F)cccc3F)cccc12. The van der Waals surface area contributed by atoms with Gasteiger partial charge >= 0.3 is 0 Å². The summed E-state index contributed by atoms with van der Waals surface area (Å²) in [5.74, 6) is -1.31. The summed E-state index contributed by atoms with van der Waals surface area (Å²) in [6.07, 6.45) is 1.49. The number of hydrogen-bond acceptors (Lipinski definition) is 4. The standard InChI is InChI=1S/C20H19F2N3O2.C2H6/c1-12(23)10-25-20(26)14-8-9-24-19-13(14)4-2-7-18(19)27-11-15-16(21)5-3-6-17(15)22;1-2/h2-9,12H,10-11,23H2,1H3,(H,25,26);1-2H3. The highest BCUT2D eigenvalue weighted by molar-refractivity contribution is 6.07. The number of carbonyl (C=O) groups excluding carboxylic acids is 1. The predicted molar refractivity (Wildman–Crippen MR) is 110 cm³/mol. The van der Waals surface area contributed by atoms with Crippen LogP contribution in [0.2, 0.25) is 0 Å². The van der Waals surface area contributed by atoms with Gasteiger partial charge in [0.25, 0.3) is 5.91 Å². The Bertz CT molecular complexity index is 957. The van der Waals surface area contributed by atoms with Crippen LogP contribution in [0, 0.1) is 11.6 Å². The number of benzene rings is 2. The summed E-state index contributed by atoms with van der Waals surface area (Å²) in [4.78, 5) is 16.7. The van der Waals surface area contributed by atoms with Crippen LogP contribution in [0.1, 0.15) is 36.7 Å². The third-order valence-electron chi connectivity index (χ3n) is 4.00. The molecule has 1 heterocycles. The fourth-order valence-corrected chi connectivity index (χ4v) is 2.63. The van der Waals surface area contributed by atoms with Gasteiger partial charge in [0.2, 0.25) is 0 Å². The van der Waals surface area contributed by atoms with Crippen molar-refractivity contribution >= 4 is 16.8 Å². The minimum absolute atomic E-state index is 0.166. The number of aromatic nitrogens is 1. The molecule has 0 aliphatic heterocycles. The van der Waals surface area contributed by atoms with Crippen molar-refractivity contribution in [3.05, 3.63) is 71.4 Å². The van der Waals surface area contributed by atoms with E-state index >= 15 is 0 Å². The Balaban J connectivity index is 0.00000145. The van der Waals surface area contributed by atoms with Crippen LogP contribution in [-0.4, -0.2) is 23.5 Å². The Morgan fingerprint density at radius 1 is 1.14 bits per heavy atom. The summed E-state index contributed by atoms with van der Waals surface area (Å²) < 4.78 is 33.2. The number of amides is 1. The Morgan fingerprint density at radius 3 is 2.45 bits per heavy atom. The van der Waals surface area contributed by atoms with Gasteiger partial charge in [0.1, 0.15) is 29.5 Å². The maximum absolute atomic E-state index is 13.8. The number of fused-ring (bicyclic) bond motifs is 1. The molecule has 0 spiro atoms. The van der Waals surface area contributed by atoms with E-state index in [-0.39, 0.29) is 24.1 Å². The molecule has 0 aliphatic carbocycles. The van der Waals surface area contributed by atoms with Crippen molar-refractivity contribution in [1.82, 2.24) is 10.3 Å². The van der Waals surface area contributed by atoms with Crippen LogP contribution in [0.15, 0.2) is 48.7 Å². The van der Waals surface area contributed by atoms with E-state index in [0.717, 1.165) is 0 Å². The number of para-hydroxylation sites is 1. The molecule has 2 aromatic carbocycles. The summed E-state index contributed by atoms with van der Waals surface area (Å²) in [5, 5.41) is 3.33. The third kappa shape index (κ3) is 5.48. The van der Waals surface area contributed by atoms with Crippen molar-refractivity contribution in [3.8, 4) is 5.75 Å². The van der Waals surface area contributed by atoms with Crippen LogP contribution in [0.3, 0.4) is 0 Å². The van der Waals surface area contributed by atoms with Gasteiger partial charge in [0, 0.05) is 24.2 Å². The van der Waals surface area contributed by atoms with Gasteiger partial charge < -0.3 is 15.8 Å². The summed E-state index contributed by atoms with van der Waals surface area (Å²) >= 11 is 0. The lowest BCUT2D eigenvalue weighted by Gasteiger charge is -2.12. The molecule has 3 aromatic rings. The monoisotopic (exact) mass is 401 g/mol. The molecule has 0 bridgehead atoms. The molecular weight excluding hydrogens is 376 g/mol. The zero-order valence-electron chi connectivity index (χ0n) is 16.7. The highest BCUT2D eigenvalue weighted by atomic mass is 19.1. The Labute approximate surface area is 168 Å². The number of nitrogens with zero attached hydrogens (tertiary/aromatic N) is 1. The molecule has 0 aliphatic rings. The van der Waals surface area contributed by atoms with Crippen molar-refractivity contribution in [2.75, 3.05) is 6.54 Å². The number of pyridine rings is 1. The fraction of sp³-hybridized carbons (Fsp3) is 0.273. The molecule has 0 saturated carbocycles. The highest BCUT2D eigenvalue weighted by Crippen LogP contribution is 2.27. The molecule has 1 atom stereocenters. The van der Waals surface area contributed by atoms with E-state index < -0.39 is 11.6 Å². The van der Waals surface area contributed by atoms with Crippen molar-refractivity contribution in [2.45, 2.75) is 33.4 Å². The largest absolute Gasteiger partial charge is 0.486 e. The van der Waals surface area contributed by atoms with E-state index in [1.54, 1.807) is 31.2 Å². The van der Waals surface area contributed by atoms with Crippen LogP contribution < -0.4 is 15.8 Å². The first-order valence-corrected chi connectivity index (χ1v) is 9.44. The lowest BCUT2D eigenvalue weighted by molar-refractivity contribution is 0.0953. The zero-order valence-corrected chi connectivity index (χ0v) is 16.7. The maximum Gasteiger partial charge on any atom is 0.252 e. The average molecular weight is 401 g/mol. The van der Waals surface area contributed by atoms with E-state index in [1.807, 2.05) is 13.8 Å². The topological polar surface area (TPSA) is 77.2 Å². The lowest BCUT2D eigenvalue weighted by Crippen LogP contribution is -2.35. The molecule has 1 aromatic heterocycles. The molecule has 1 amide bonds. The van der Waals surface area contributed by atoms with E-state index in [0.29, 0.717) is 28.8 Å². The molecule has 1 unspecified atom stereocenters. The minimum atomic E-state index is -0.681. The fourth-order valence-electron chi connectivity index (χ4n) is 2.63. The molecule has 5 nitrogen and oxygen atoms in total. The number of nitrogens with two attached hydrogens (primary N) is 1. The summed E-state index contributed by atoms with van der Waals surface area (Å²) in [6.45, 7) is 5.84. The Morgan fingerprint density at radius 2 is 1.79 bits per heavy atom. The smallest absolute Gasteiger partial charge is 0.252 e. The van der Waals surface area contributed by atoms with Crippen LogP contribution in [0.5, 0.6) is 5.75 Å². The highest BCUT2D eigenvalue weighted by Gasteiger charge is 2.15. The number of halogens is 2. The average Bonchev–Trinajstić information content (AvgIpc) is 2.72. The van der Waals surface area contributed by atoms with E-state index in [4.69, 9.17) is 10.5 Å². The summed E-state index contributed by atoms with van der Waals surface area (Å²) in [7, 11) is 0. The molecule has 154 valence electrons. The van der Waals surface area contributed by atoms with Crippen LogP contribution in [-0.2, 0) is 6.61 Å². The summed E-state index contributed by atoms with van der Waals surface area (Å²) in [6, 6.07) is 10.1. The van der Waals surface area contributed by atoms with Crippen molar-refractivity contribution in [1.29, 1.82) is 0 Å². The normalized spacial score (nSPS) is 11.4. The van der Waals surface area contributed by atoms with Gasteiger partial charge in [-0.25, -0.2) is 8.78 Å². The molecule has 3 rings (SSSR count). The number of hydrogen-bond donors (Lipinski definition) is 2. The molecular formula is C22H25F2N3O2. The maximum atomic E-state index is 13.8. The van der Waals surface area contributed by atoms with E-state index in [1.165, 1.54) is 24.4 Å². The van der Waals surface area contributed by atoms with Crippen LogP contribution in [0.4, 0.5) is 8.78 Å². The van der Waals surface area contributed by atoms with Gasteiger partial charge in [-0.3, -0.25) is 9.78 Å². The Hall–Kier alpha value is -3.06. The van der Waals surface area contributed by atoms with Gasteiger partial charge in [0.15, 0.2) is 0 Å². The third-order valence-corrected chi connectivity index (χ3v) is 4.00. The molecule has 29 heavy (non-hydrogen) atoms. The molecule has 0 fully saturated rings. The minimum Gasteiger partial charge on any atom is -0.486 e. The number of carbonyl (C=O) groups is 1. The first-order chi connectivity index (χ1) is 14.0. The van der Waals surface area contributed by atoms with E-state index in [2.05, 4.69) is 10.3 Å². The van der Waals surface area contributed by atoms with E-state index in [9.17, 15) is 13.6 Å². The van der Waals surface area contributed by atoms with Gasteiger partial charge in [-0.2, -0.15) is 0 Å². The number of nitrogens with one attached hydrogen (secondary N) is 1. The second-order valence-corrected chi connectivity index (χ2v) is 6.19. The van der Waals surface area contributed by atoms with Gasteiger partial charge in [0.05, 0.1) is 11.1 Å². The molecule has 7 heteroatoms. The predicted octanol–water partition coefficient (Wildman–Crippen LogP) is 4.20. The molecule has 3 N–H and O–H groups in total. The quantitative estimate of drug-likeness (QED) is 0.649. The second-order valence-electron chi connectivity index (χ2n) is 6.19. The summed E-state index contributed by atoms with van der Waals surface area (Å²) in [5.41, 5.74) is 6.35. The second kappa shape index (κ2) is 10.5. The van der Waals surface area contributed by atoms with Crippen molar-refractivity contribution in [3.63, 3.8) is 0 Å².